The van der Waals surface area contributed by atoms with Crippen molar-refractivity contribution in [1.82, 2.24) is 44.0 Å². The third-order valence-corrected chi connectivity index (χ3v) is 13.5. The number of nitrogens with zero attached hydrogens (tertiary/aromatic N) is 9. The number of nitrogens with one attached hydrogen (secondary N) is 1. The van der Waals surface area contributed by atoms with E-state index in [2.05, 4.69) is 81.2 Å². The van der Waals surface area contributed by atoms with Gasteiger partial charge in [0.05, 0.1) is 35.8 Å². The van der Waals surface area contributed by atoms with Crippen LogP contribution in [0.1, 0.15) is 82.9 Å². The number of amides is 1. The van der Waals surface area contributed by atoms with Gasteiger partial charge in [-0.15, -0.1) is 5.10 Å². The molecule has 11 rings (SSSR count). The molecule has 340 valence electrons. The Bertz CT molecular complexity index is 2830. The molecule has 0 aliphatic carbocycles. The molecule has 1 saturated heterocycles. The highest BCUT2D eigenvalue weighted by Crippen LogP contribution is 2.40. The average molecular weight is 887 g/mol. The molecule has 7 heterocycles. The van der Waals surface area contributed by atoms with Crippen molar-refractivity contribution >= 4 is 23.1 Å². The highest BCUT2D eigenvalue weighted by molar-refractivity contribution is 5.94. The number of anilines is 2. The molecule has 1 unspecified atom stereocenters. The molecular formula is C52H58N10O4. The number of carbonyl (C=O) groups is 1. The van der Waals surface area contributed by atoms with Crippen LogP contribution in [0.25, 0.3) is 16.8 Å². The molecule has 14 nitrogen and oxygen atoms in total. The van der Waals surface area contributed by atoms with E-state index >= 15 is 0 Å². The van der Waals surface area contributed by atoms with Gasteiger partial charge < -0.3 is 25.2 Å². The zero-order chi connectivity index (χ0) is 45.3. The highest BCUT2D eigenvalue weighted by Gasteiger charge is 2.28. The van der Waals surface area contributed by atoms with E-state index in [-0.39, 0.29) is 29.4 Å². The van der Waals surface area contributed by atoms with Crippen molar-refractivity contribution < 1.29 is 19.7 Å². The molecule has 7 aromatic rings. The average Bonchev–Trinajstić information content (AvgIpc) is 4.07. The minimum Gasteiger partial charge on any atom is -0.508 e. The number of aromatic hydroxyl groups is 2. The molecule has 14 heteroatoms. The Morgan fingerprint density at radius 2 is 1.47 bits per heavy atom. The number of phenolic OH excluding ortho intramolecular Hbond substituents is 2. The van der Waals surface area contributed by atoms with Crippen molar-refractivity contribution in [3.63, 3.8) is 0 Å². The highest BCUT2D eigenvalue weighted by atomic mass is 16.5. The first-order chi connectivity index (χ1) is 32.1. The second-order valence-corrected chi connectivity index (χ2v) is 18.3. The summed E-state index contributed by atoms with van der Waals surface area (Å²) in [6.45, 7) is 15.6. The summed E-state index contributed by atoms with van der Waals surface area (Å²) in [6, 6.07) is 30.5. The lowest BCUT2D eigenvalue weighted by Gasteiger charge is -2.34. The van der Waals surface area contributed by atoms with Gasteiger partial charge in [0.2, 0.25) is 5.95 Å². The first-order valence-electron chi connectivity index (χ1n) is 23.2. The number of benzene rings is 4. The zero-order valence-corrected chi connectivity index (χ0v) is 38.0. The van der Waals surface area contributed by atoms with Gasteiger partial charge in [-0.1, -0.05) is 44.2 Å². The minimum absolute atomic E-state index is 0.0119. The van der Waals surface area contributed by atoms with Gasteiger partial charge in [-0.3, -0.25) is 24.2 Å². The lowest BCUT2D eigenvalue weighted by molar-refractivity contribution is 0.0725. The van der Waals surface area contributed by atoms with Gasteiger partial charge >= 0.3 is 0 Å². The van der Waals surface area contributed by atoms with Gasteiger partial charge in [-0.05, 0) is 102 Å². The number of hydrogen-bond acceptors (Lipinski definition) is 11. The quantitative estimate of drug-likeness (QED) is 0.136. The van der Waals surface area contributed by atoms with Crippen LogP contribution in [0, 0.1) is 0 Å². The Labute approximate surface area is 385 Å². The number of phenols is 2. The zero-order valence-electron chi connectivity index (χ0n) is 38.0. The monoisotopic (exact) mass is 886 g/mol. The molecule has 1 amide bonds. The fourth-order valence-corrected chi connectivity index (χ4v) is 9.60. The number of aromatic nitrogens is 5. The third kappa shape index (κ3) is 9.35. The first-order valence-corrected chi connectivity index (χ1v) is 23.2. The maximum atomic E-state index is 14.1. The number of carbonyl (C=O) groups excluding carboxylic acids is 1. The number of aryl methyl sites for hydroxylation is 1. The largest absolute Gasteiger partial charge is 0.508 e. The lowest BCUT2D eigenvalue weighted by Crippen LogP contribution is -2.45. The van der Waals surface area contributed by atoms with Crippen molar-refractivity contribution in [3.05, 3.63) is 149 Å². The number of rotatable bonds is 8. The van der Waals surface area contributed by atoms with Crippen LogP contribution in [0.3, 0.4) is 0 Å². The molecule has 1 fully saturated rings. The van der Waals surface area contributed by atoms with Crippen molar-refractivity contribution in [3.8, 4) is 28.5 Å². The summed E-state index contributed by atoms with van der Waals surface area (Å²) in [6.07, 6.45) is 6.22. The van der Waals surface area contributed by atoms with Gasteiger partial charge in [-0.25, -0.2) is 9.50 Å². The molecular weight excluding hydrogens is 829 g/mol. The first kappa shape index (κ1) is 43.2. The molecule has 6 bridgehead atoms. The predicted molar refractivity (Wildman–Crippen MR) is 255 cm³/mol. The summed E-state index contributed by atoms with van der Waals surface area (Å²) in [4.78, 5) is 27.9. The van der Waals surface area contributed by atoms with Gasteiger partial charge in [0, 0.05) is 100 Å². The summed E-state index contributed by atoms with van der Waals surface area (Å²) < 4.78 is 9.94. The fourth-order valence-electron chi connectivity index (χ4n) is 9.60. The van der Waals surface area contributed by atoms with Gasteiger partial charge in [0.25, 0.3) is 5.91 Å². The van der Waals surface area contributed by atoms with Crippen LogP contribution in [0.2, 0.25) is 0 Å². The summed E-state index contributed by atoms with van der Waals surface area (Å²) in [5.41, 5.74) is 11.2. The topological polar surface area (TPSA) is 140 Å². The molecule has 3 N–H and O–H groups in total. The third-order valence-electron chi connectivity index (χ3n) is 13.5. The molecule has 3 aromatic heterocycles. The van der Waals surface area contributed by atoms with E-state index in [1.165, 1.54) is 28.3 Å². The van der Waals surface area contributed by atoms with Crippen LogP contribution in [-0.4, -0.2) is 106 Å². The number of hydrogen-bond donors (Lipinski definition) is 3. The minimum atomic E-state index is -0.0119. The predicted octanol–water partition coefficient (Wildman–Crippen LogP) is 8.19. The lowest BCUT2D eigenvalue weighted by atomic mass is 9.95. The SMILES string of the molecule is CC(C)c1cc(C(C)N2Cc3ccc(CN4CCN(Cc5ccc(C(=O)N6CCCn7cc(cn7)Nc7ncc8ccc(n8n7)-c7ccc(cc7)OCC6)cc5)CC4)cc3C2)c(O)cc1O. The number of fused-ring (bicyclic) bond motifs is 9. The van der Waals surface area contributed by atoms with Gasteiger partial charge in [-0.2, -0.15) is 5.10 Å². The Balaban J connectivity index is 0.728. The summed E-state index contributed by atoms with van der Waals surface area (Å²) >= 11 is 0. The van der Waals surface area contributed by atoms with Crippen LogP contribution >= 0.6 is 0 Å². The molecule has 0 radical (unpaired) electrons. The van der Waals surface area contributed by atoms with E-state index in [4.69, 9.17) is 9.84 Å². The summed E-state index contributed by atoms with van der Waals surface area (Å²) in [5.74, 6) is 1.67. The van der Waals surface area contributed by atoms with Crippen LogP contribution in [0.4, 0.5) is 11.6 Å². The van der Waals surface area contributed by atoms with Crippen LogP contribution < -0.4 is 10.1 Å². The molecule has 0 spiro atoms. The van der Waals surface area contributed by atoms with Gasteiger partial charge in [0.1, 0.15) is 23.9 Å². The fraction of sp³-hybridized carbons (Fsp3) is 0.346. The smallest absolute Gasteiger partial charge is 0.253 e. The molecule has 1 atom stereocenters. The van der Waals surface area contributed by atoms with Crippen molar-refractivity contribution in [2.45, 2.75) is 71.9 Å². The maximum absolute atomic E-state index is 14.1. The Morgan fingerprint density at radius 3 is 2.24 bits per heavy atom. The van der Waals surface area contributed by atoms with E-state index in [0.29, 0.717) is 37.8 Å². The Kier molecular flexibility index (Phi) is 12.2. The molecule has 66 heavy (non-hydrogen) atoms. The van der Waals surface area contributed by atoms with Crippen molar-refractivity contribution in [2.75, 3.05) is 51.2 Å². The molecule has 4 aromatic carbocycles. The van der Waals surface area contributed by atoms with Gasteiger partial charge in [0.15, 0.2) is 0 Å². The Morgan fingerprint density at radius 1 is 0.742 bits per heavy atom. The normalized spacial score (nSPS) is 16.8. The standard InChI is InChI=1S/C52H58N10O4/c1-35(2)46-26-47(50(64)27-49(46)63)36(3)60-32-41-10-7-38(25-42(41)33-60)31-58-21-19-57(20-22-58)30-37-5-8-40(9-6-37)51(65)59-17-4-18-61-34-43(28-54-61)55-52-53-29-44-13-16-48(62(44)56-52)39-11-14-45(15-12-39)66-24-23-59/h5-16,25-29,34-36,63-64H,4,17-24,30-33H2,1-3H3,(H,55,56). The molecule has 4 aliphatic heterocycles. The van der Waals surface area contributed by atoms with Crippen molar-refractivity contribution in [1.29, 1.82) is 0 Å². The van der Waals surface area contributed by atoms with Crippen LogP contribution in [-0.2, 0) is 32.7 Å². The van der Waals surface area contributed by atoms with Crippen LogP contribution in [0.15, 0.2) is 110 Å². The van der Waals surface area contributed by atoms with Crippen molar-refractivity contribution in [2.24, 2.45) is 0 Å². The van der Waals surface area contributed by atoms with E-state index in [9.17, 15) is 15.0 Å². The van der Waals surface area contributed by atoms with E-state index < -0.39 is 0 Å². The van der Waals surface area contributed by atoms with E-state index in [0.717, 1.165) is 98.1 Å². The van der Waals surface area contributed by atoms with Crippen LogP contribution in [0.5, 0.6) is 17.2 Å². The second-order valence-electron chi connectivity index (χ2n) is 18.3. The molecule has 4 aliphatic rings. The van der Waals surface area contributed by atoms with E-state index in [1.54, 1.807) is 12.4 Å². The summed E-state index contributed by atoms with van der Waals surface area (Å²) in [7, 11) is 0. The second kappa shape index (κ2) is 18.6. The number of ether oxygens (including phenoxy) is 1. The van der Waals surface area contributed by atoms with E-state index in [1.807, 2.05) is 74.9 Å². The maximum Gasteiger partial charge on any atom is 0.253 e. The molecule has 0 saturated carbocycles. The summed E-state index contributed by atoms with van der Waals surface area (Å²) in [5, 5.41) is 33.7. The number of piperazine rings is 1. The Hall–Kier alpha value is -6.74.